The maximum Gasteiger partial charge on any atom is 0.303 e. The van der Waals surface area contributed by atoms with Crippen LogP contribution in [0.5, 0.6) is 0 Å². The van der Waals surface area contributed by atoms with Gasteiger partial charge in [0, 0.05) is 6.42 Å². The Hall–Kier alpha value is -1.15. The lowest BCUT2D eigenvalue weighted by atomic mass is 10.1. The number of carboxylic acids is 1. The third-order valence-corrected chi connectivity index (χ3v) is 3.60. The van der Waals surface area contributed by atoms with E-state index in [9.17, 15) is 18.0 Å². The Kier molecular flexibility index (Phi) is 5.39. The number of hydrogen-bond acceptors (Lipinski definition) is 5. The summed E-state index contributed by atoms with van der Waals surface area (Å²) >= 11 is 0. The van der Waals surface area contributed by atoms with Gasteiger partial charge in [0.25, 0.3) is 0 Å². The van der Waals surface area contributed by atoms with Crippen LogP contribution < -0.4 is 10.5 Å². The summed E-state index contributed by atoms with van der Waals surface area (Å²) in [5.74, 6) is -1.97. The van der Waals surface area contributed by atoms with E-state index in [2.05, 4.69) is 0 Å². The number of carbonyl (C=O) groups is 2. The summed E-state index contributed by atoms with van der Waals surface area (Å²) in [6, 6.07) is -1.13. The quantitative estimate of drug-likeness (QED) is 0.558. The van der Waals surface area contributed by atoms with Crippen LogP contribution in [0.4, 0.5) is 0 Å². The molecule has 0 aromatic heterocycles. The number of aliphatic carboxylic acids is 1. The van der Waals surface area contributed by atoms with Gasteiger partial charge in [0.2, 0.25) is 15.9 Å². The molecule has 0 saturated heterocycles. The molecular weight excluding hydrogens is 236 g/mol. The van der Waals surface area contributed by atoms with Crippen molar-refractivity contribution in [1.29, 1.82) is 0 Å². The van der Waals surface area contributed by atoms with Crippen LogP contribution in [0, 0.1) is 0 Å². The van der Waals surface area contributed by atoms with Gasteiger partial charge in [-0.2, -0.15) is 0 Å². The molecule has 0 aliphatic carbocycles. The normalized spacial score (nSPS) is 13.5. The van der Waals surface area contributed by atoms with Crippen molar-refractivity contribution in [2.45, 2.75) is 38.0 Å². The van der Waals surface area contributed by atoms with Gasteiger partial charge >= 0.3 is 5.97 Å². The molecule has 94 valence electrons. The molecule has 0 aliphatic heterocycles. The lowest BCUT2D eigenvalue weighted by Gasteiger charge is -2.13. The first-order valence-corrected chi connectivity index (χ1v) is 6.24. The largest absolute Gasteiger partial charge is 0.481 e. The molecule has 0 bridgehead atoms. The predicted molar refractivity (Wildman–Crippen MR) is 57.0 cm³/mol. The SMILES string of the molecule is CC(C)S(=O)(=O)NC(=O)C(N)CCC(=O)O. The van der Waals surface area contributed by atoms with E-state index >= 15 is 0 Å². The summed E-state index contributed by atoms with van der Waals surface area (Å²) in [5, 5.41) is 7.61. The van der Waals surface area contributed by atoms with Gasteiger partial charge in [-0.3, -0.25) is 14.3 Å². The van der Waals surface area contributed by atoms with Gasteiger partial charge in [-0.15, -0.1) is 0 Å². The predicted octanol–water partition coefficient (Wildman–Crippen LogP) is -0.967. The van der Waals surface area contributed by atoms with Crippen molar-refractivity contribution in [1.82, 2.24) is 4.72 Å². The van der Waals surface area contributed by atoms with Crippen molar-refractivity contribution in [2.75, 3.05) is 0 Å². The zero-order valence-corrected chi connectivity index (χ0v) is 9.95. The standard InChI is InChI=1S/C8H16N2O5S/c1-5(2)16(14,15)10-8(13)6(9)3-4-7(11)12/h5-6H,3-4,9H2,1-2H3,(H,10,13)(H,11,12). The summed E-state index contributed by atoms with van der Waals surface area (Å²) in [7, 11) is -3.71. The van der Waals surface area contributed by atoms with Gasteiger partial charge in [0.15, 0.2) is 0 Å². The molecular formula is C8H16N2O5S. The number of amides is 1. The highest BCUT2D eigenvalue weighted by molar-refractivity contribution is 7.90. The molecule has 16 heavy (non-hydrogen) atoms. The highest BCUT2D eigenvalue weighted by atomic mass is 32.2. The smallest absolute Gasteiger partial charge is 0.303 e. The number of sulfonamides is 1. The average Bonchev–Trinajstić information content (AvgIpc) is 2.12. The van der Waals surface area contributed by atoms with Gasteiger partial charge in [0.1, 0.15) is 0 Å². The molecule has 0 aromatic rings. The minimum atomic E-state index is -3.71. The molecule has 0 aromatic carbocycles. The van der Waals surface area contributed by atoms with E-state index in [-0.39, 0.29) is 12.8 Å². The number of carbonyl (C=O) groups excluding carboxylic acids is 1. The molecule has 4 N–H and O–H groups in total. The molecule has 0 aliphatic rings. The Morgan fingerprint density at radius 3 is 2.25 bits per heavy atom. The van der Waals surface area contributed by atoms with E-state index in [0.717, 1.165) is 0 Å². The van der Waals surface area contributed by atoms with Crippen LogP contribution in [0.25, 0.3) is 0 Å². The Bertz CT molecular complexity index is 363. The summed E-state index contributed by atoms with van der Waals surface area (Å²) in [6.45, 7) is 2.83. The second-order valence-electron chi connectivity index (χ2n) is 3.60. The minimum Gasteiger partial charge on any atom is -0.481 e. The summed E-state index contributed by atoms with van der Waals surface area (Å²) < 4.78 is 24.4. The maximum atomic E-state index is 11.3. The fraction of sp³-hybridized carbons (Fsp3) is 0.750. The highest BCUT2D eigenvalue weighted by Crippen LogP contribution is 1.99. The summed E-state index contributed by atoms with van der Waals surface area (Å²) in [4.78, 5) is 21.5. The molecule has 0 rings (SSSR count). The number of rotatable bonds is 6. The Morgan fingerprint density at radius 1 is 1.38 bits per heavy atom. The monoisotopic (exact) mass is 252 g/mol. The molecule has 1 atom stereocenters. The first-order valence-electron chi connectivity index (χ1n) is 4.69. The van der Waals surface area contributed by atoms with Gasteiger partial charge in [-0.25, -0.2) is 8.42 Å². The van der Waals surface area contributed by atoms with Crippen LogP contribution >= 0.6 is 0 Å². The molecule has 8 heteroatoms. The van der Waals surface area contributed by atoms with Crippen LogP contribution in [0.1, 0.15) is 26.7 Å². The third-order valence-electron chi connectivity index (χ3n) is 1.87. The summed E-state index contributed by atoms with van der Waals surface area (Å²) in [6.07, 6.45) is -0.384. The first kappa shape index (κ1) is 14.8. The number of carboxylic acid groups (broad SMARTS) is 1. The second-order valence-corrected chi connectivity index (χ2v) is 5.84. The second kappa shape index (κ2) is 5.80. The highest BCUT2D eigenvalue weighted by Gasteiger charge is 2.23. The van der Waals surface area contributed by atoms with Crippen molar-refractivity contribution in [3.63, 3.8) is 0 Å². The fourth-order valence-corrected chi connectivity index (χ4v) is 1.41. The molecule has 0 radical (unpaired) electrons. The molecule has 0 heterocycles. The Morgan fingerprint density at radius 2 is 1.88 bits per heavy atom. The van der Waals surface area contributed by atoms with Crippen molar-refractivity contribution >= 4 is 21.9 Å². The molecule has 7 nitrogen and oxygen atoms in total. The third kappa shape index (κ3) is 5.08. The van der Waals surface area contributed by atoms with E-state index in [0.29, 0.717) is 0 Å². The van der Waals surface area contributed by atoms with E-state index < -0.39 is 33.2 Å². The zero-order valence-electron chi connectivity index (χ0n) is 9.13. The van der Waals surface area contributed by atoms with E-state index in [4.69, 9.17) is 10.8 Å². The van der Waals surface area contributed by atoms with Gasteiger partial charge in [-0.1, -0.05) is 0 Å². The average molecular weight is 252 g/mol. The van der Waals surface area contributed by atoms with Crippen molar-refractivity contribution in [2.24, 2.45) is 5.73 Å². The molecule has 0 fully saturated rings. The Labute approximate surface area is 94.1 Å². The van der Waals surface area contributed by atoms with Crippen LogP contribution in [0.3, 0.4) is 0 Å². The van der Waals surface area contributed by atoms with Crippen LogP contribution in [-0.4, -0.2) is 36.7 Å². The van der Waals surface area contributed by atoms with Gasteiger partial charge < -0.3 is 10.8 Å². The summed E-state index contributed by atoms with van der Waals surface area (Å²) in [5.41, 5.74) is 5.33. The van der Waals surface area contributed by atoms with Crippen LogP contribution in [-0.2, 0) is 19.6 Å². The molecule has 0 saturated carbocycles. The maximum absolute atomic E-state index is 11.3. The molecule has 1 amide bonds. The lowest BCUT2D eigenvalue weighted by molar-refractivity contribution is -0.137. The van der Waals surface area contributed by atoms with Gasteiger partial charge in [0.05, 0.1) is 11.3 Å². The van der Waals surface area contributed by atoms with Crippen LogP contribution in [0.2, 0.25) is 0 Å². The van der Waals surface area contributed by atoms with E-state index in [1.807, 2.05) is 0 Å². The number of hydrogen-bond donors (Lipinski definition) is 3. The first-order chi connectivity index (χ1) is 7.16. The lowest BCUT2D eigenvalue weighted by Crippen LogP contribution is -2.45. The van der Waals surface area contributed by atoms with Crippen molar-refractivity contribution < 1.29 is 23.1 Å². The minimum absolute atomic E-state index is 0.102. The zero-order chi connectivity index (χ0) is 12.9. The Balaban J connectivity index is 4.32. The van der Waals surface area contributed by atoms with E-state index in [1.54, 1.807) is 4.72 Å². The van der Waals surface area contributed by atoms with Crippen molar-refractivity contribution in [3.8, 4) is 0 Å². The fourth-order valence-electron chi connectivity index (χ4n) is 0.744. The number of nitrogens with one attached hydrogen (secondary N) is 1. The molecule has 0 spiro atoms. The van der Waals surface area contributed by atoms with Crippen molar-refractivity contribution in [3.05, 3.63) is 0 Å². The van der Waals surface area contributed by atoms with E-state index in [1.165, 1.54) is 13.8 Å². The van der Waals surface area contributed by atoms with Gasteiger partial charge in [-0.05, 0) is 20.3 Å². The number of nitrogens with two attached hydrogens (primary N) is 1. The topological polar surface area (TPSA) is 127 Å². The molecule has 1 unspecified atom stereocenters. The van der Waals surface area contributed by atoms with Crippen LogP contribution in [0.15, 0.2) is 0 Å².